The Hall–Kier alpha value is -2.51. The number of hydrogen-bond donors (Lipinski definition) is 1. The lowest BCUT2D eigenvalue weighted by molar-refractivity contribution is 0.0148. The fraction of sp³-hybridized carbons (Fsp3) is 0.450. The number of rotatable bonds is 7. The second-order valence-corrected chi connectivity index (χ2v) is 6.46. The molecule has 1 aliphatic rings. The van der Waals surface area contributed by atoms with Crippen LogP contribution in [0.1, 0.15) is 22.1 Å². The van der Waals surface area contributed by atoms with E-state index >= 15 is 0 Å². The first-order valence-corrected chi connectivity index (χ1v) is 9.08. The molecule has 1 unspecified atom stereocenters. The van der Waals surface area contributed by atoms with Gasteiger partial charge in [-0.3, -0.25) is 9.69 Å². The molecule has 1 atom stereocenters. The lowest BCUT2D eigenvalue weighted by Crippen LogP contribution is -2.44. The summed E-state index contributed by atoms with van der Waals surface area (Å²) in [6.45, 7) is 3.59. The van der Waals surface area contributed by atoms with Crippen LogP contribution in [0.3, 0.4) is 0 Å². The number of amides is 1. The van der Waals surface area contributed by atoms with E-state index in [0.29, 0.717) is 36.8 Å². The lowest BCUT2D eigenvalue weighted by Gasteiger charge is -2.35. The number of para-hydroxylation sites is 1. The Balaban J connectivity index is 1.77. The number of aryl methyl sites for hydroxylation is 1. The third kappa shape index (κ3) is 4.26. The molecule has 0 bridgehead atoms. The molecular weight excluding hydrogens is 346 g/mol. The van der Waals surface area contributed by atoms with Gasteiger partial charge in [0.05, 0.1) is 39.0 Å². The molecule has 1 aromatic heterocycles. The first-order valence-electron chi connectivity index (χ1n) is 9.08. The molecule has 2 aromatic rings. The van der Waals surface area contributed by atoms with Gasteiger partial charge in [0.1, 0.15) is 0 Å². The van der Waals surface area contributed by atoms with Crippen LogP contribution in [0.2, 0.25) is 0 Å². The van der Waals surface area contributed by atoms with E-state index < -0.39 is 0 Å². The number of hydrogen-bond acceptors (Lipinski definition) is 5. The fourth-order valence-corrected chi connectivity index (χ4v) is 3.48. The standard InChI is InChI=1S/C20H27N3O4/c1-22-9-5-7-16(22)17(23-10-12-27-13-11-23)14-21-20(24)15-6-4-8-18(25-2)19(15)26-3/h4-9,17H,10-14H2,1-3H3,(H,21,24). The number of ether oxygens (including phenoxy) is 3. The van der Waals surface area contributed by atoms with Gasteiger partial charge in [-0.1, -0.05) is 6.07 Å². The molecule has 0 saturated carbocycles. The summed E-state index contributed by atoms with van der Waals surface area (Å²) in [6.07, 6.45) is 2.02. The molecule has 1 aromatic carbocycles. The lowest BCUT2D eigenvalue weighted by atomic mass is 10.1. The molecule has 3 rings (SSSR count). The molecule has 146 valence electrons. The van der Waals surface area contributed by atoms with Crippen LogP contribution in [0.5, 0.6) is 11.5 Å². The van der Waals surface area contributed by atoms with Crippen molar-refractivity contribution in [3.63, 3.8) is 0 Å². The summed E-state index contributed by atoms with van der Waals surface area (Å²) in [6, 6.07) is 9.49. The van der Waals surface area contributed by atoms with Crippen molar-refractivity contribution in [2.24, 2.45) is 7.05 Å². The molecular formula is C20H27N3O4. The van der Waals surface area contributed by atoms with Crippen LogP contribution in [0.4, 0.5) is 0 Å². The molecule has 1 amide bonds. The van der Waals surface area contributed by atoms with Crippen molar-refractivity contribution in [2.75, 3.05) is 47.1 Å². The highest BCUT2D eigenvalue weighted by molar-refractivity contribution is 5.97. The minimum atomic E-state index is -0.182. The average molecular weight is 373 g/mol. The van der Waals surface area contributed by atoms with E-state index in [0.717, 1.165) is 18.8 Å². The maximum absolute atomic E-state index is 12.8. The van der Waals surface area contributed by atoms with E-state index in [4.69, 9.17) is 14.2 Å². The Bertz CT molecular complexity index is 768. The fourth-order valence-electron chi connectivity index (χ4n) is 3.48. The van der Waals surface area contributed by atoms with Gasteiger partial charge >= 0.3 is 0 Å². The molecule has 27 heavy (non-hydrogen) atoms. The Kier molecular flexibility index (Phi) is 6.36. The number of benzene rings is 1. The Labute approximate surface area is 159 Å². The molecule has 2 heterocycles. The van der Waals surface area contributed by atoms with Crippen molar-refractivity contribution < 1.29 is 19.0 Å². The summed E-state index contributed by atoms with van der Waals surface area (Å²) in [5, 5.41) is 3.07. The van der Waals surface area contributed by atoms with E-state index in [-0.39, 0.29) is 11.9 Å². The molecule has 0 radical (unpaired) electrons. The van der Waals surface area contributed by atoms with E-state index in [9.17, 15) is 4.79 Å². The number of nitrogens with zero attached hydrogens (tertiary/aromatic N) is 2. The zero-order valence-corrected chi connectivity index (χ0v) is 16.1. The van der Waals surface area contributed by atoms with Crippen LogP contribution in [-0.2, 0) is 11.8 Å². The van der Waals surface area contributed by atoms with Crippen LogP contribution in [0.25, 0.3) is 0 Å². The Morgan fingerprint density at radius 2 is 1.96 bits per heavy atom. The van der Waals surface area contributed by atoms with Crippen molar-refractivity contribution >= 4 is 5.91 Å². The van der Waals surface area contributed by atoms with Crippen LogP contribution in [-0.4, -0.2) is 62.4 Å². The molecule has 1 N–H and O–H groups in total. The van der Waals surface area contributed by atoms with Gasteiger partial charge in [-0.25, -0.2) is 0 Å². The molecule has 0 spiro atoms. The highest BCUT2D eigenvalue weighted by atomic mass is 16.5. The minimum absolute atomic E-state index is 0.0782. The summed E-state index contributed by atoms with van der Waals surface area (Å²) >= 11 is 0. The SMILES string of the molecule is COc1cccc(C(=O)NCC(c2cccn2C)N2CCOCC2)c1OC. The average Bonchev–Trinajstić information content (AvgIpc) is 3.13. The van der Waals surface area contributed by atoms with Crippen molar-refractivity contribution in [1.29, 1.82) is 0 Å². The second-order valence-electron chi connectivity index (χ2n) is 6.46. The maximum Gasteiger partial charge on any atom is 0.255 e. The van der Waals surface area contributed by atoms with Gasteiger partial charge in [-0.05, 0) is 24.3 Å². The Morgan fingerprint density at radius 3 is 2.59 bits per heavy atom. The largest absolute Gasteiger partial charge is 0.493 e. The van der Waals surface area contributed by atoms with E-state index in [2.05, 4.69) is 20.9 Å². The smallest absolute Gasteiger partial charge is 0.255 e. The second kappa shape index (κ2) is 8.92. The predicted octanol–water partition coefficient (Wildman–Crippen LogP) is 1.85. The number of methoxy groups -OCH3 is 2. The van der Waals surface area contributed by atoms with Gasteiger partial charge in [0, 0.05) is 38.6 Å². The van der Waals surface area contributed by atoms with Gasteiger partial charge < -0.3 is 24.1 Å². The van der Waals surface area contributed by atoms with Crippen molar-refractivity contribution in [2.45, 2.75) is 6.04 Å². The summed E-state index contributed by atoms with van der Waals surface area (Å²) in [4.78, 5) is 15.2. The quantitative estimate of drug-likeness (QED) is 0.802. The summed E-state index contributed by atoms with van der Waals surface area (Å²) in [5.74, 6) is 0.801. The van der Waals surface area contributed by atoms with Crippen LogP contribution in [0.15, 0.2) is 36.5 Å². The first-order chi connectivity index (χ1) is 13.2. The molecule has 1 saturated heterocycles. The molecule has 7 nitrogen and oxygen atoms in total. The number of morpholine rings is 1. The van der Waals surface area contributed by atoms with E-state index in [1.54, 1.807) is 25.3 Å². The van der Waals surface area contributed by atoms with E-state index in [1.807, 2.05) is 19.3 Å². The first kappa shape index (κ1) is 19.3. The van der Waals surface area contributed by atoms with Crippen LogP contribution >= 0.6 is 0 Å². The summed E-state index contributed by atoms with van der Waals surface area (Å²) in [7, 11) is 5.12. The normalized spacial score (nSPS) is 16.0. The molecule has 7 heteroatoms. The van der Waals surface area contributed by atoms with Crippen molar-refractivity contribution in [1.82, 2.24) is 14.8 Å². The van der Waals surface area contributed by atoms with Crippen molar-refractivity contribution in [3.05, 3.63) is 47.8 Å². The summed E-state index contributed by atoms with van der Waals surface area (Å²) < 4.78 is 18.3. The van der Waals surface area contributed by atoms with Gasteiger partial charge in [0.15, 0.2) is 11.5 Å². The summed E-state index contributed by atoms with van der Waals surface area (Å²) in [5.41, 5.74) is 1.62. The number of nitrogens with one attached hydrogen (secondary N) is 1. The van der Waals surface area contributed by atoms with Gasteiger partial charge in [-0.15, -0.1) is 0 Å². The number of aromatic nitrogens is 1. The van der Waals surface area contributed by atoms with Crippen molar-refractivity contribution in [3.8, 4) is 11.5 Å². The van der Waals surface area contributed by atoms with Gasteiger partial charge in [0.25, 0.3) is 5.91 Å². The van der Waals surface area contributed by atoms with Crippen LogP contribution < -0.4 is 14.8 Å². The maximum atomic E-state index is 12.8. The van der Waals surface area contributed by atoms with Gasteiger partial charge in [0.2, 0.25) is 0 Å². The third-order valence-corrected chi connectivity index (χ3v) is 4.92. The third-order valence-electron chi connectivity index (χ3n) is 4.92. The predicted molar refractivity (Wildman–Crippen MR) is 102 cm³/mol. The van der Waals surface area contributed by atoms with Gasteiger partial charge in [-0.2, -0.15) is 0 Å². The zero-order valence-electron chi connectivity index (χ0n) is 16.1. The van der Waals surface area contributed by atoms with Crippen LogP contribution in [0, 0.1) is 0 Å². The zero-order chi connectivity index (χ0) is 19.2. The topological polar surface area (TPSA) is 65.0 Å². The Morgan fingerprint density at radius 1 is 1.19 bits per heavy atom. The number of carbonyl (C=O) groups is 1. The monoisotopic (exact) mass is 373 g/mol. The minimum Gasteiger partial charge on any atom is -0.493 e. The number of carbonyl (C=O) groups excluding carboxylic acids is 1. The highest BCUT2D eigenvalue weighted by Gasteiger charge is 2.26. The molecule has 1 fully saturated rings. The molecule has 0 aliphatic carbocycles. The highest BCUT2D eigenvalue weighted by Crippen LogP contribution is 2.30. The van der Waals surface area contributed by atoms with E-state index in [1.165, 1.54) is 7.11 Å². The molecule has 1 aliphatic heterocycles.